The van der Waals surface area contributed by atoms with Gasteiger partial charge in [0.05, 0.1) is 23.3 Å². The van der Waals surface area contributed by atoms with E-state index in [2.05, 4.69) is 15.5 Å². The van der Waals surface area contributed by atoms with Crippen LogP contribution in [-0.4, -0.2) is 32.2 Å². The zero-order chi connectivity index (χ0) is 19.3. The summed E-state index contributed by atoms with van der Waals surface area (Å²) in [5.74, 6) is -0.485. The molecule has 3 N–H and O–H groups in total. The molecule has 26 heavy (non-hydrogen) atoms. The van der Waals surface area contributed by atoms with Gasteiger partial charge >= 0.3 is 12.3 Å². The molecule has 1 aliphatic rings. The second kappa shape index (κ2) is 5.75. The van der Waals surface area contributed by atoms with Crippen molar-refractivity contribution in [2.24, 2.45) is 0 Å². The number of aromatic nitrogens is 2. The van der Waals surface area contributed by atoms with Gasteiger partial charge in [-0.3, -0.25) is 14.8 Å². The van der Waals surface area contributed by atoms with Crippen LogP contribution in [0.3, 0.4) is 0 Å². The molecule has 0 saturated heterocycles. The molecule has 0 fully saturated rings. The van der Waals surface area contributed by atoms with Crippen molar-refractivity contribution in [3.63, 3.8) is 0 Å². The normalized spacial score (nSPS) is 15.7. The van der Waals surface area contributed by atoms with Gasteiger partial charge in [-0.25, -0.2) is 4.79 Å². The van der Waals surface area contributed by atoms with Gasteiger partial charge in [0.2, 0.25) is 0 Å². The average Bonchev–Trinajstić information content (AvgIpc) is 3.05. The Kier molecular flexibility index (Phi) is 3.93. The van der Waals surface area contributed by atoms with Crippen molar-refractivity contribution in [1.29, 1.82) is 0 Å². The number of nitrogens with zero attached hydrogens (tertiary/aromatic N) is 2. The highest BCUT2D eigenvalue weighted by molar-refractivity contribution is 6.04. The average molecular weight is 368 g/mol. The molecular weight excluding hydrogens is 353 g/mol. The number of carboxylic acid groups (broad SMARTS) is 1. The van der Waals surface area contributed by atoms with Crippen molar-refractivity contribution in [1.82, 2.24) is 15.1 Å². The molecule has 0 aliphatic carbocycles. The van der Waals surface area contributed by atoms with E-state index >= 15 is 0 Å². The molecule has 0 unspecified atom stereocenters. The summed E-state index contributed by atoms with van der Waals surface area (Å²) in [5, 5.41) is 18.5. The number of H-pyrrole nitrogens is 1. The molecule has 0 atom stereocenters. The third kappa shape index (κ3) is 2.87. The SMILES string of the molecule is CC1(C)c2[nH]nc(NC(=O)c3ccc(C(F)(F)F)cc3)c2CN1C(=O)O. The number of hydrogen-bond acceptors (Lipinski definition) is 3. The predicted octanol–water partition coefficient (Wildman–Crippen LogP) is 3.41. The minimum absolute atomic E-state index is 0.0297. The molecule has 7 nitrogen and oxygen atoms in total. The number of nitrogens with one attached hydrogen (secondary N) is 2. The van der Waals surface area contributed by atoms with Crippen molar-refractivity contribution in [3.05, 3.63) is 46.6 Å². The van der Waals surface area contributed by atoms with E-state index in [0.29, 0.717) is 11.3 Å². The summed E-state index contributed by atoms with van der Waals surface area (Å²) >= 11 is 0. The standard InChI is InChI=1S/C16H15F3N4O3/c1-15(2)11-10(7-23(15)14(25)26)12(22-21-11)20-13(24)8-3-5-9(6-4-8)16(17,18)19/h3-6H,7H2,1-2H3,(H,25,26)(H2,20,21,22,24). The van der Waals surface area contributed by atoms with Gasteiger partial charge in [0.15, 0.2) is 5.82 Å². The highest BCUT2D eigenvalue weighted by Crippen LogP contribution is 2.40. The second-order valence-electron chi connectivity index (χ2n) is 6.38. The molecule has 2 amide bonds. The van der Waals surface area contributed by atoms with E-state index in [9.17, 15) is 27.9 Å². The van der Waals surface area contributed by atoms with Crippen molar-refractivity contribution in [2.45, 2.75) is 32.1 Å². The Hall–Kier alpha value is -3.04. The molecule has 0 spiro atoms. The number of carbonyl (C=O) groups is 2. The largest absolute Gasteiger partial charge is 0.465 e. The Morgan fingerprint density at radius 1 is 1.27 bits per heavy atom. The summed E-state index contributed by atoms with van der Waals surface area (Å²) in [7, 11) is 0. The number of amides is 2. The summed E-state index contributed by atoms with van der Waals surface area (Å²) in [6.07, 6.45) is -5.59. The number of hydrogen-bond donors (Lipinski definition) is 3. The van der Waals surface area contributed by atoms with Gasteiger partial charge in [0, 0.05) is 11.1 Å². The minimum Gasteiger partial charge on any atom is -0.465 e. The van der Waals surface area contributed by atoms with Crippen LogP contribution < -0.4 is 5.32 Å². The molecule has 10 heteroatoms. The van der Waals surface area contributed by atoms with Crippen LogP contribution in [0.5, 0.6) is 0 Å². The lowest BCUT2D eigenvalue weighted by atomic mass is 10.0. The molecule has 2 heterocycles. The summed E-state index contributed by atoms with van der Waals surface area (Å²) in [4.78, 5) is 24.8. The first kappa shape index (κ1) is 17.8. The van der Waals surface area contributed by atoms with E-state index < -0.39 is 29.3 Å². The van der Waals surface area contributed by atoms with Gasteiger partial charge in [-0.05, 0) is 38.1 Å². The van der Waals surface area contributed by atoms with E-state index in [0.717, 1.165) is 24.3 Å². The zero-order valence-electron chi connectivity index (χ0n) is 13.8. The van der Waals surface area contributed by atoms with E-state index in [1.165, 1.54) is 4.90 Å². The number of anilines is 1. The lowest BCUT2D eigenvalue weighted by Gasteiger charge is -2.28. The number of rotatable bonds is 2. The number of benzene rings is 1. The van der Waals surface area contributed by atoms with Crippen molar-refractivity contribution < 1.29 is 27.9 Å². The number of halogens is 3. The molecular formula is C16H15F3N4O3. The molecule has 2 aromatic rings. The molecule has 0 bridgehead atoms. The van der Waals surface area contributed by atoms with Crippen molar-refractivity contribution >= 4 is 17.8 Å². The first-order valence-electron chi connectivity index (χ1n) is 7.58. The molecule has 0 radical (unpaired) electrons. The quantitative estimate of drug-likeness (QED) is 0.757. The Labute approximate surface area is 145 Å². The van der Waals surface area contributed by atoms with E-state index in [4.69, 9.17) is 0 Å². The van der Waals surface area contributed by atoms with Gasteiger partial charge in [0.1, 0.15) is 0 Å². The van der Waals surface area contributed by atoms with Gasteiger partial charge < -0.3 is 10.4 Å². The van der Waals surface area contributed by atoms with Crippen LogP contribution in [0.25, 0.3) is 0 Å². The second-order valence-corrected chi connectivity index (χ2v) is 6.38. The van der Waals surface area contributed by atoms with Gasteiger partial charge in [-0.2, -0.15) is 18.3 Å². The smallest absolute Gasteiger partial charge is 0.416 e. The van der Waals surface area contributed by atoms with Crippen LogP contribution >= 0.6 is 0 Å². The number of fused-ring (bicyclic) bond motifs is 1. The first-order valence-corrected chi connectivity index (χ1v) is 7.58. The number of carbonyl (C=O) groups excluding carboxylic acids is 1. The van der Waals surface area contributed by atoms with Crippen LogP contribution in [0, 0.1) is 0 Å². The van der Waals surface area contributed by atoms with E-state index in [-0.39, 0.29) is 17.9 Å². The highest BCUT2D eigenvalue weighted by atomic mass is 19.4. The maximum absolute atomic E-state index is 12.6. The fourth-order valence-electron chi connectivity index (χ4n) is 2.92. The number of aromatic amines is 1. The molecule has 0 saturated carbocycles. The third-order valence-corrected chi connectivity index (χ3v) is 4.41. The Balaban J connectivity index is 1.82. The molecule has 1 aromatic carbocycles. The van der Waals surface area contributed by atoms with E-state index in [1.54, 1.807) is 13.8 Å². The lowest BCUT2D eigenvalue weighted by molar-refractivity contribution is -0.137. The van der Waals surface area contributed by atoms with Crippen molar-refractivity contribution in [3.8, 4) is 0 Å². The monoisotopic (exact) mass is 368 g/mol. The third-order valence-electron chi connectivity index (χ3n) is 4.41. The predicted molar refractivity (Wildman–Crippen MR) is 84.6 cm³/mol. The summed E-state index contributed by atoms with van der Waals surface area (Å²) in [6.45, 7) is 3.44. The van der Waals surface area contributed by atoms with Gasteiger partial charge in [-0.15, -0.1) is 0 Å². The summed E-state index contributed by atoms with van der Waals surface area (Å²) < 4.78 is 37.7. The van der Waals surface area contributed by atoms with Crippen molar-refractivity contribution in [2.75, 3.05) is 5.32 Å². The number of alkyl halides is 3. The van der Waals surface area contributed by atoms with Crippen LogP contribution in [0.15, 0.2) is 24.3 Å². The zero-order valence-corrected chi connectivity index (χ0v) is 13.8. The molecule has 3 rings (SSSR count). The Bertz CT molecular complexity index is 872. The first-order chi connectivity index (χ1) is 12.0. The Morgan fingerprint density at radius 3 is 2.42 bits per heavy atom. The topological polar surface area (TPSA) is 98.3 Å². The van der Waals surface area contributed by atoms with Crippen LogP contribution in [0.2, 0.25) is 0 Å². The summed E-state index contributed by atoms with van der Waals surface area (Å²) in [5.41, 5.74) is -0.582. The van der Waals surface area contributed by atoms with E-state index in [1.807, 2.05) is 0 Å². The fraction of sp³-hybridized carbons (Fsp3) is 0.312. The minimum atomic E-state index is -4.48. The van der Waals surface area contributed by atoms with Gasteiger partial charge in [0.25, 0.3) is 5.91 Å². The molecule has 1 aromatic heterocycles. The highest BCUT2D eigenvalue weighted by Gasteiger charge is 2.44. The maximum atomic E-state index is 12.6. The van der Waals surface area contributed by atoms with Gasteiger partial charge in [-0.1, -0.05) is 0 Å². The van der Waals surface area contributed by atoms with Crippen LogP contribution in [0.4, 0.5) is 23.8 Å². The molecule has 1 aliphatic heterocycles. The van der Waals surface area contributed by atoms with Crippen LogP contribution in [0.1, 0.15) is 41.0 Å². The summed E-state index contributed by atoms with van der Waals surface area (Å²) in [6, 6.07) is 3.77. The van der Waals surface area contributed by atoms with Crippen LogP contribution in [-0.2, 0) is 18.3 Å². The fourth-order valence-corrected chi connectivity index (χ4v) is 2.92. The Morgan fingerprint density at radius 2 is 1.88 bits per heavy atom. The molecule has 138 valence electrons. The maximum Gasteiger partial charge on any atom is 0.416 e. The lowest BCUT2D eigenvalue weighted by Crippen LogP contribution is -2.39.